The van der Waals surface area contributed by atoms with Crippen molar-refractivity contribution in [1.29, 1.82) is 5.41 Å². The molecule has 0 saturated heterocycles. The Morgan fingerprint density at radius 1 is 1.07 bits per heavy atom. The Hall–Kier alpha value is -4.75. The van der Waals surface area contributed by atoms with Crippen LogP contribution in [0.1, 0.15) is 18.1 Å². The molecule has 1 N–H and O–H groups in total. The van der Waals surface area contributed by atoms with E-state index in [0.29, 0.717) is 16.4 Å². The number of hydrogen-bond acceptors (Lipinski definition) is 9. The first-order valence-corrected chi connectivity index (χ1v) is 14.1. The lowest BCUT2D eigenvalue weighted by atomic mass is 10.1. The van der Waals surface area contributed by atoms with Crippen molar-refractivity contribution in [3.05, 3.63) is 105 Å². The number of benzene rings is 3. The second-order valence-corrected chi connectivity index (χ2v) is 10.7. The van der Waals surface area contributed by atoms with Crippen molar-refractivity contribution in [2.75, 3.05) is 6.61 Å². The monoisotopic (exact) mass is 576 g/mol. The van der Waals surface area contributed by atoms with Crippen LogP contribution < -0.4 is 8.92 Å². The van der Waals surface area contributed by atoms with E-state index in [1.165, 1.54) is 48.2 Å². The molecule has 0 fully saturated rings. The van der Waals surface area contributed by atoms with Gasteiger partial charge in [0.05, 0.1) is 22.8 Å². The molecule has 3 aromatic carbocycles. The molecule has 0 radical (unpaired) electrons. The highest BCUT2D eigenvalue weighted by Crippen LogP contribution is 2.38. The third kappa shape index (κ3) is 5.11. The van der Waals surface area contributed by atoms with E-state index in [0.717, 1.165) is 17.7 Å². The van der Waals surface area contributed by atoms with Crippen molar-refractivity contribution in [3.63, 3.8) is 0 Å². The van der Waals surface area contributed by atoms with Gasteiger partial charge in [-0.05, 0) is 42.3 Å². The number of nitrogens with zero attached hydrogens (tertiary/aromatic N) is 3. The van der Waals surface area contributed by atoms with Gasteiger partial charge in [0, 0.05) is 11.5 Å². The maximum absolute atomic E-state index is 12.9. The van der Waals surface area contributed by atoms with Crippen LogP contribution in [0.5, 0.6) is 11.5 Å². The van der Waals surface area contributed by atoms with Gasteiger partial charge < -0.3 is 8.92 Å². The van der Waals surface area contributed by atoms with Crippen molar-refractivity contribution in [2.24, 2.45) is 4.99 Å². The Kier molecular flexibility index (Phi) is 7.24. The molecule has 2 heterocycles. The van der Waals surface area contributed by atoms with Gasteiger partial charge in [-0.15, -0.1) is 0 Å². The summed E-state index contributed by atoms with van der Waals surface area (Å²) in [6.45, 7) is 1.84. The van der Waals surface area contributed by atoms with Gasteiger partial charge in [-0.25, -0.2) is 0 Å². The fraction of sp³-hybridized carbons (Fsp3) is 0.0741. The zero-order valence-corrected chi connectivity index (χ0v) is 22.4. The van der Waals surface area contributed by atoms with Gasteiger partial charge in [0.2, 0.25) is 0 Å². The number of nitro groups is 1. The number of amides is 1. The van der Waals surface area contributed by atoms with Gasteiger partial charge in [0.25, 0.3) is 11.6 Å². The molecule has 40 heavy (non-hydrogen) atoms. The first kappa shape index (κ1) is 26.8. The SMILES string of the molecule is CCOc1cc(/C=C2/C(=N)N3C(c4ccccc4)=CSC3=NC2=O)ccc1OS(=O)(=O)c1ccccc1[N+](=O)[O-]. The fourth-order valence-electron chi connectivity index (χ4n) is 4.02. The van der Waals surface area contributed by atoms with E-state index in [-0.39, 0.29) is 29.5 Å². The standard InChI is InChI=1S/C27H20N4O7S2/c1-2-37-23-15-17(12-13-22(23)38-40(35,36)24-11-7-6-10-20(24)31(33)34)14-19-25(28)30-21(18-8-4-3-5-9-18)16-39-27(30)29-26(19)32/h3-16,28H,2H2,1H3/b19-14-,28-25?. The minimum atomic E-state index is -4.59. The molecule has 3 aromatic rings. The van der Waals surface area contributed by atoms with E-state index < -0.39 is 31.5 Å². The number of carbonyl (C=O) groups excluding carboxylic acids is 1. The molecule has 0 aliphatic carbocycles. The molecule has 1 amide bonds. The lowest BCUT2D eigenvalue weighted by molar-refractivity contribution is -0.387. The Labute approximate surface area is 233 Å². The second kappa shape index (κ2) is 10.8. The number of hydrogen-bond donors (Lipinski definition) is 1. The topological polar surface area (TPSA) is 152 Å². The van der Waals surface area contributed by atoms with E-state index in [1.54, 1.807) is 11.8 Å². The van der Waals surface area contributed by atoms with E-state index in [4.69, 9.17) is 14.3 Å². The summed E-state index contributed by atoms with van der Waals surface area (Å²) in [4.78, 5) is 28.5. The summed E-state index contributed by atoms with van der Waals surface area (Å²) in [6.07, 6.45) is 1.46. The lowest BCUT2D eigenvalue weighted by Gasteiger charge is -2.27. The van der Waals surface area contributed by atoms with Crippen LogP contribution in [0.2, 0.25) is 0 Å². The molecule has 11 nitrogen and oxygen atoms in total. The van der Waals surface area contributed by atoms with E-state index in [1.807, 2.05) is 35.7 Å². The maximum Gasteiger partial charge on any atom is 0.346 e. The highest BCUT2D eigenvalue weighted by atomic mass is 32.2. The summed E-state index contributed by atoms with van der Waals surface area (Å²) in [6, 6.07) is 18.5. The maximum atomic E-state index is 12.9. The number of thioether (sulfide) groups is 1. The highest BCUT2D eigenvalue weighted by molar-refractivity contribution is 8.17. The molecule has 2 aliphatic heterocycles. The van der Waals surface area contributed by atoms with Crippen LogP contribution in [-0.4, -0.2) is 41.8 Å². The van der Waals surface area contributed by atoms with Gasteiger partial charge in [-0.1, -0.05) is 60.3 Å². The first-order valence-electron chi connectivity index (χ1n) is 11.8. The van der Waals surface area contributed by atoms with Gasteiger partial charge in [-0.2, -0.15) is 13.4 Å². The molecule has 2 aliphatic rings. The number of para-hydroxylation sites is 1. The third-order valence-electron chi connectivity index (χ3n) is 5.79. The van der Waals surface area contributed by atoms with Crippen LogP contribution in [0.4, 0.5) is 5.69 Å². The van der Waals surface area contributed by atoms with E-state index >= 15 is 0 Å². The number of amidine groups is 2. The Bertz CT molecular complexity index is 1750. The lowest BCUT2D eigenvalue weighted by Crippen LogP contribution is -2.38. The molecule has 13 heteroatoms. The zero-order chi connectivity index (χ0) is 28.4. The predicted octanol–water partition coefficient (Wildman–Crippen LogP) is 5.07. The molecule has 0 saturated carbocycles. The van der Waals surface area contributed by atoms with Crippen LogP contribution >= 0.6 is 11.8 Å². The third-order valence-corrected chi connectivity index (χ3v) is 7.90. The summed E-state index contributed by atoms with van der Waals surface area (Å²) in [5.41, 5.74) is 1.39. The molecule has 0 unspecified atom stereocenters. The Balaban J connectivity index is 1.47. The molecule has 0 aromatic heterocycles. The summed E-state index contributed by atoms with van der Waals surface area (Å²) >= 11 is 1.25. The van der Waals surface area contributed by atoms with Crippen LogP contribution in [0.15, 0.2) is 93.7 Å². The van der Waals surface area contributed by atoms with Crippen molar-refractivity contribution in [1.82, 2.24) is 4.90 Å². The van der Waals surface area contributed by atoms with Crippen LogP contribution in [0, 0.1) is 15.5 Å². The average Bonchev–Trinajstić information content (AvgIpc) is 3.37. The highest BCUT2D eigenvalue weighted by Gasteiger charge is 2.36. The summed E-state index contributed by atoms with van der Waals surface area (Å²) < 4.78 is 36.7. The molecule has 0 spiro atoms. The summed E-state index contributed by atoms with van der Waals surface area (Å²) in [5.74, 6) is -0.826. The number of fused-ring (bicyclic) bond motifs is 1. The number of carbonyl (C=O) groups is 1. The molecule has 0 atom stereocenters. The average molecular weight is 577 g/mol. The van der Waals surface area contributed by atoms with Crippen molar-refractivity contribution >= 4 is 56.3 Å². The van der Waals surface area contributed by atoms with Gasteiger partial charge in [0.15, 0.2) is 21.6 Å². The quantitative estimate of drug-likeness (QED) is 0.168. The molecular weight excluding hydrogens is 556 g/mol. The van der Waals surface area contributed by atoms with Crippen molar-refractivity contribution in [2.45, 2.75) is 11.8 Å². The molecular formula is C27H20N4O7S2. The number of nitro benzene ring substituents is 1. The van der Waals surface area contributed by atoms with Gasteiger partial charge in [0.1, 0.15) is 5.84 Å². The molecule has 0 bridgehead atoms. The van der Waals surface area contributed by atoms with Crippen LogP contribution in [0.25, 0.3) is 11.8 Å². The number of rotatable bonds is 8. The Morgan fingerprint density at radius 2 is 1.80 bits per heavy atom. The molecule has 202 valence electrons. The minimum absolute atomic E-state index is 0.0247. The van der Waals surface area contributed by atoms with E-state index in [9.17, 15) is 23.3 Å². The fourth-order valence-corrected chi connectivity index (χ4v) is 6.01. The van der Waals surface area contributed by atoms with Crippen molar-refractivity contribution < 1.29 is 27.1 Å². The summed E-state index contributed by atoms with van der Waals surface area (Å²) in [7, 11) is -4.59. The number of ether oxygens (including phenoxy) is 1. The normalized spacial score (nSPS) is 15.9. The smallest absolute Gasteiger partial charge is 0.346 e. The summed E-state index contributed by atoms with van der Waals surface area (Å²) in [5, 5.41) is 22.3. The van der Waals surface area contributed by atoms with Gasteiger partial charge >= 0.3 is 10.1 Å². The Morgan fingerprint density at radius 3 is 2.52 bits per heavy atom. The van der Waals surface area contributed by atoms with E-state index in [2.05, 4.69) is 4.99 Å². The van der Waals surface area contributed by atoms with Crippen LogP contribution in [0.3, 0.4) is 0 Å². The second-order valence-electron chi connectivity index (χ2n) is 8.33. The van der Waals surface area contributed by atoms with Crippen LogP contribution in [-0.2, 0) is 14.9 Å². The largest absolute Gasteiger partial charge is 0.490 e. The minimum Gasteiger partial charge on any atom is -0.490 e. The van der Waals surface area contributed by atoms with Crippen molar-refractivity contribution in [3.8, 4) is 11.5 Å². The number of aliphatic imine (C=N–C) groups is 1. The first-order chi connectivity index (χ1) is 19.2. The predicted molar refractivity (Wildman–Crippen MR) is 151 cm³/mol. The number of nitrogens with one attached hydrogen (secondary N) is 1. The zero-order valence-electron chi connectivity index (χ0n) is 20.8. The molecule has 5 rings (SSSR count). The van der Waals surface area contributed by atoms with Gasteiger partial charge in [-0.3, -0.25) is 25.2 Å².